The molecule has 1 aromatic carbocycles. The normalized spacial score (nSPS) is 23.4. The molecule has 1 fully saturated rings. The monoisotopic (exact) mass is 294 g/mol. The Balaban J connectivity index is 2.04. The van der Waals surface area contributed by atoms with Crippen LogP contribution in [0.1, 0.15) is 25.3 Å². The number of rotatable bonds is 3. The predicted octanol–water partition coefficient (Wildman–Crippen LogP) is 3.30. The number of halogens is 1. The van der Waals surface area contributed by atoms with Crippen LogP contribution in [0.2, 0.25) is 0 Å². The topological polar surface area (TPSA) is 45.0 Å². The lowest BCUT2D eigenvalue weighted by molar-refractivity contribution is 0.0315. The maximum atomic E-state index is 8.89. The van der Waals surface area contributed by atoms with Crippen LogP contribution >= 0.6 is 15.9 Å². The van der Waals surface area contributed by atoms with Crippen molar-refractivity contribution >= 4 is 21.6 Å². The first-order valence-corrected chi connectivity index (χ1v) is 6.49. The molecule has 4 heteroatoms. The lowest BCUT2D eigenvalue weighted by atomic mass is 10.0. The van der Waals surface area contributed by atoms with Gasteiger partial charge in [-0.15, -0.1) is 0 Å². The standard InChI is InChI=1S/C13H15BrN2O/c1-13(3-2-4-17-13)9-16-12-6-10(8-15)5-11(14)7-12/h5-7,16H,2-4,9H2,1H3. The van der Waals surface area contributed by atoms with E-state index in [1.807, 2.05) is 12.1 Å². The Morgan fingerprint density at radius 2 is 2.35 bits per heavy atom. The second-order valence-electron chi connectivity index (χ2n) is 4.60. The Morgan fingerprint density at radius 1 is 1.53 bits per heavy atom. The minimum Gasteiger partial charge on any atom is -0.382 e. The van der Waals surface area contributed by atoms with Crippen molar-refractivity contribution < 1.29 is 4.74 Å². The van der Waals surface area contributed by atoms with Gasteiger partial charge in [0.2, 0.25) is 0 Å². The number of anilines is 1. The Bertz CT molecular complexity index is 447. The van der Waals surface area contributed by atoms with Gasteiger partial charge in [0.1, 0.15) is 0 Å². The molecule has 90 valence electrons. The van der Waals surface area contributed by atoms with Crippen molar-refractivity contribution in [3.05, 3.63) is 28.2 Å². The number of nitriles is 1. The van der Waals surface area contributed by atoms with E-state index in [0.717, 1.165) is 36.2 Å². The number of hydrogen-bond acceptors (Lipinski definition) is 3. The molecule has 0 spiro atoms. The summed E-state index contributed by atoms with van der Waals surface area (Å²) in [5.41, 5.74) is 1.53. The lowest BCUT2D eigenvalue weighted by Gasteiger charge is -2.24. The third kappa shape index (κ3) is 3.21. The van der Waals surface area contributed by atoms with E-state index >= 15 is 0 Å². The van der Waals surface area contributed by atoms with Crippen molar-refractivity contribution in [2.45, 2.75) is 25.4 Å². The summed E-state index contributed by atoms with van der Waals surface area (Å²) in [5.74, 6) is 0. The largest absolute Gasteiger partial charge is 0.382 e. The summed E-state index contributed by atoms with van der Waals surface area (Å²) in [4.78, 5) is 0. The summed E-state index contributed by atoms with van der Waals surface area (Å²) < 4.78 is 6.62. The Kier molecular flexibility index (Phi) is 3.70. The quantitative estimate of drug-likeness (QED) is 0.930. The predicted molar refractivity (Wildman–Crippen MR) is 70.9 cm³/mol. The van der Waals surface area contributed by atoms with E-state index in [9.17, 15) is 0 Å². The first-order chi connectivity index (χ1) is 8.11. The number of hydrogen-bond donors (Lipinski definition) is 1. The second kappa shape index (κ2) is 5.07. The van der Waals surface area contributed by atoms with Crippen LogP contribution in [-0.4, -0.2) is 18.8 Å². The van der Waals surface area contributed by atoms with Crippen molar-refractivity contribution in [3.63, 3.8) is 0 Å². The highest BCUT2D eigenvalue weighted by Crippen LogP contribution is 2.26. The molecule has 1 aliphatic rings. The molecule has 0 radical (unpaired) electrons. The fourth-order valence-electron chi connectivity index (χ4n) is 2.02. The number of benzene rings is 1. The van der Waals surface area contributed by atoms with Gasteiger partial charge in [-0.05, 0) is 38.0 Å². The molecule has 1 atom stereocenters. The molecule has 1 unspecified atom stereocenters. The van der Waals surface area contributed by atoms with Crippen LogP contribution in [0.3, 0.4) is 0 Å². The first kappa shape index (κ1) is 12.4. The summed E-state index contributed by atoms with van der Waals surface area (Å²) in [5, 5.41) is 12.2. The Labute approximate surface area is 110 Å². The van der Waals surface area contributed by atoms with Gasteiger partial charge in [0.15, 0.2) is 0 Å². The summed E-state index contributed by atoms with van der Waals surface area (Å²) >= 11 is 3.40. The molecule has 0 bridgehead atoms. The third-order valence-electron chi connectivity index (χ3n) is 2.99. The van der Waals surface area contributed by atoms with Gasteiger partial charge in [0, 0.05) is 23.3 Å². The molecule has 0 amide bonds. The maximum absolute atomic E-state index is 8.89. The molecule has 1 aliphatic heterocycles. The van der Waals surface area contributed by atoms with E-state index in [-0.39, 0.29) is 5.60 Å². The lowest BCUT2D eigenvalue weighted by Crippen LogP contribution is -2.32. The van der Waals surface area contributed by atoms with Crippen LogP contribution in [0.25, 0.3) is 0 Å². The summed E-state index contributed by atoms with van der Waals surface area (Å²) in [6.45, 7) is 3.74. The maximum Gasteiger partial charge on any atom is 0.0992 e. The van der Waals surface area contributed by atoms with Gasteiger partial charge in [-0.2, -0.15) is 5.26 Å². The molecule has 0 saturated carbocycles. The van der Waals surface area contributed by atoms with Gasteiger partial charge in [-0.25, -0.2) is 0 Å². The highest BCUT2D eigenvalue weighted by molar-refractivity contribution is 9.10. The minimum atomic E-state index is -0.0743. The molecule has 2 rings (SSSR count). The number of nitrogens with one attached hydrogen (secondary N) is 1. The van der Waals surface area contributed by atoms with Crippen LogP contribution in [0, 0.1) is 11.3 Å². The molecule has 1 saturated heterocycles. The van der Waals surface area contributed by atoms with Crippen molar-refractivity contribution in [2.24, 2.45) is 0 Å². The van der Waals surface area contributed by atoms with Crippen LogP contribution in [0.4, 0.5) is 5.69 Å². The van der Waals surface area contributed by atoms with Crippen molar-refractivity contribution in [3.8, 4) is 6.07 Å². The van der Waals surface area contributed by atoms with Gasteiger partial charge in [-0.3, -0.25) is 0 Å². The third-order valence-corrected chi connectivity index (χ3v) is 3.45. The van der Waals surface area contributed by atoms with E-state index in [0.29, 0.717) is 5.56 Å². The zero-order chi connectivity index (χ0) is 12.3. The van der Waals surface area contributed by atoms with Crippen LogP contribution in [0.15, 0.2) is 22.7 Å². The molecule has 0 aromatic heterocycles. The van der Waals surface area contributed by atoms with Crippen molar-refractivity contribution in [1.29, 1.82) is 5.26 Å². The van der Waals surface area contributed by atoms with Crippen molar-refractivity contribution in [1.82, 2.24) is 0 Å². The Morgan fingerprint density at radius 3 is 3.00 bits per heavy atom. The first-order valence-electron chi connectivity index (χ1n) is 5.70. The molecular weight excluding hydrogens is 280 g/mol. The van der Waals surface area contributed by atoms with Crippen molar-refractivity contribution in [2.75, 3.05) is 18.5 Å². The zero-order valence-corrected chi connectivity index (χ0v) is 11.4. The molecule has 3 nitrogen and oxygen atoms in total. The highest BCUT2D eigenvalue weighted by atomic mass is 79.9. The average molecular weight is 295 g/mol. The van der Waals surface area contributed by atoms with E-state index in [1.165, 1.54) is 0 Å². The van der Waals surface area contributed by atoms with E-state index < -0.39 is 0 Å². The van der Waals surface area contributed by atoms with Gasteiger partial charge < -0.3 is 10.1 Å². The van der Waals surface area contributed by atoms with E-state index in [1.54, 1.807) is 6.07 Å². The van der Waals surface area contributed by atoms with Gasteiger partial charge >= 0.3 is 0 Å². The molecule has 1 aromatic rings. The van der Waals surface area contributed by atoms with E-state index in [2.05, 4.69) is 34.2 Å². The SMILES string of the molecule is CC1(CNc2cc(Br)cc(C#N)c2)CCCO1. The van der Waals surface area contributed by atoms with Crippen LogP contribution in [0.5, 0.6) is 0 Å². The van der Waals surface area contributed by atoms with Crippen LogP contribution < -0.4 is 5.32 Å². The fraction of sp³-hybridized carbons (Fsp3) is 0.462. The molecule has 1 N–H and O–H groups in total. The fourth-order valence-corrected chi connectivity index (χ4v) is 2.51. The Hall–Kier alpha value is -1.05. The molecule has 0 aliphatic carbocycles. The van der Waals surface area contributed by atoms with E-state index in [4.69, 9.17) is 10.00 Å². The smallest absolute Gasteiger partial charge is 0.0992 e. The zero-order valence-electron chi connectivity index (χ0n) is 9.79. The summed E-state index contributed by atoms with van der Waals surface area (Å²) in [7, 11) is 0. The summed E-state index contributed by atoms with van der Waals surface area (Å²) in [6, 6.07) is 7.77. The second-order valence-corrected chi connectivity index (χ2v) is 5.51. The average Bonchev–Trinajstić information content (AvgIpc) is 2.73. The molecule has 17 heavy (non-hydrogen) atoms. The van der Waals surface area contributed by atoms with Gasteiger partial charge in [-0.1, -0.05) is 15.9 Å². The highest BCUT2D eigenvalue weighted by Gasteiger charge is 2.29. The molecule has 1 heterocycles. The van der Waals surface area contributed by atoms with Gasteiger partial charge in [0.05, 0.1) is 17.2 Å². The molecular formula is C13H15BrN2O. The van der Waals surface area contributed by atoms with Crippen LogP contribution in [-0.2, 0) is 4.74 Å². The number of ether oxygens (including phenoxy) is 1. The summed E-state index contributed by atoms with van der Waals surface area (Å²) in [6.07, 6.45) is 2.21. The minimum absolute atomic E-state index is 0.0743. The van der Waals surface area contributed by atoms with Gasteiger partial charge in [0.25, 0.3) is 0 Å². The number of nitrogens with zero attached hydrogens (tertiary/aromatic N) is 1.